The van der Waals surface area contributed by atoms with Crippen LogP contribution in [0.15, 0.2) is 87.2 Å². The van der Waals surface area contributed by atoms with Crippen molar-refractivity contribution in [2.45, 2.75) is 13.5 Å². The zero-order chi connectivity index (χ0) is 20.2. The van der Waals surface area contributed by atoms with E-state index in [2.05, 4.69) is 10.1 Å². The van der Waals surface area contributed by atoms with Crippen molar-refractivity contribution >= 4 is 5.71 Å². The van der Waals surface area contributed by atoms with E-state index in [0.717, 1.165) is 28.5 Å². The number of hydrogen-bond acceptors (Lipinski definition) is 4. The van der Waals surface area contributed by atoms with Crippen LogP contribution in [0.2, 0.25) is 0 Å². The Bertz CT molecular complexity index is 1170. The molecule has 0 saturated carbocycles. The highest BCUT2D eigenvalue weighted by atomic mass is 16.5. The van der Waals surface area contributed by atoms with Crippen LogP contribution in [0.1, 0.15) is 18.2 Å². The van der Waals surface area contributed by atoms with Gasteiger partial charge in [-0.25, -0.2) is 4.68 Å². The molecule has 2 heterocycles. The lowest BCUT2D eigenvalue weighted by Crippen LogP contribution is -2.19. The largest absolute Gasteiger partial charge is 0.497 e. The Kier molecular flexibility index (Phi) is 5.16. The fraction of sp³-hybridized carbons (Fsp3) is 0.130. The molecule has 0 amide bonds. The summed E-state index contributed by atoms with van der Waals surface area (Å²) in [5.74, 6) is 1.48. The van der Waals surface area contributed by atoms with Gasteiger partial charge >= 0.3 is 0 Å². The van der Waals surface area contributed by atoms with Crippen molar-refractivity contribution < 1.29 is 9.15 Å². The van der Waals surface area contributed by atoms with Crippen LogP contribution >= 0.6 is 0 Å². The Morgan fingerprint density at radius 3 is 2.48 bits per heavy atom. The first kappa shape index (κ1) is 18.6. The van der Waals surface area contributed by atoms with Gasteiger partial charge in [0.1, 0.15) is 11.5 Å². The summed E-state index contributed by atoms with van der Waals surface area (Å²) in [7, 11) is 1.61. The summed E-state index contributed by atoms with van der Waals surface area (Å²) in [6.07, 6.45) is 1.61. The van der Waals surface area contributed by atoms with Crippen molar-refractivity contribution in [1.29, 1.82) is 0 Å². The number of H-pyrrole nitrogens is 1. The van der Waals surface area contributed by atoms with E-state index in [1.54, 1.807) is 13.4 Å². The molecule has 146 valence electrons. The molecule has 6 nitrogen and oxygen atoms in total. The van der Waals surface area contributed by atoms with Crippen LogP contribution in [-0.4, -0.2) is 22.6 Å². The zero-order valence-electron chi connectivity index (χ0n) is 16.3. The maximum Gasteiger partial charge on any atom is 0.280 e. The van der Waals surface area contributed by atoms with E-state index < -0.39 is 0 Å². The van der Waals surface area contributed by atoms with E-state index in [-0.39, 0.29) is 5.56 Å². The second-order valence-corrected chi connectivity index (χ2v) is 6.55. The first-order chi connectivity index (χ1) is 14.2. The predicted octanol–water partition coefficient (Wildman–Crippen LogP) is 4.44. The summed E-state index contributed by atoms with van der Waals surface area (Å²) in [6.45, 7) is 2.22. The molecule has 29 heavy (non-hydrogen) atoms. The van der Waals surface area contributed by atoms with Gasteiger partial charge in [-0.2, -0.15) is 0 Å². The normalized spacial score (nSPS) is 11.6. The van der Waals surface area contributed by atoms with Crippen LogP contribution in [0, 0.1) is 0 Å². The molecule has 0 aliphatic rings. The van der Waals surface area contributed by atoms with Gasteiger partial charge in [0.05, 0.1) is 36.9 Å². The Hall–Kier alpha value is -3.80. The maximum atomic E-state index is 13.3. The molecule has 0 spiro atoms. The molecule has 4 aromatic rings. The number of methoxy groups -OCH3 is 1. The second kappa shape index (κ2) is 8.06. The SMILES string of the molecule is COc1ccc(-n2[nH]c(-c3ccccc3)c(C(C)=NCc3ccco3)c2=O)cc1. The third kappa shape index (κ3) is 3.78. The van der Waals surface area contributed by atoms with E-state index >= 15 is 0 Å². The molecule has 0 radical (unpaired) electrons. The molecule has 0 saturated heterocycles. The molecular formula is C23H21N3O3. The molecular weight excluding hydrogens is 366 g/mol. The van der Waals surface area contributed by atoms with Crippen molar-refractivity contribution in [3.05, 3.63) is 94.7 Å². The molecule has 4 rings (SSSR count). The highest BCUT2D eigenvalue weighted by Crippen LogP contribution is 2.22. The summed E-state index contributed by atoms with van der Waals surface area (Å²) in [4.78, 5) is 17.9. The van der Waals surface area contributed by atoms with Crippen molar-refractivity contribution in [3.63, 3.8) is 0 Å². The van der Waals surface area contributed by atoms with Crippen LogP contribution in [0.25, 0.3) is 16.9 Å². The van der Waals surface area contributed by atoms with Gasteiger partial charge in [0, 0.05) is 11.3 Å². The molecule has 6 heteroatoms. The van der Waals surface area contributed by atoms with Crippen LogP contribution in [0.5, 0.6) is 5.75 Å². The van der Waals surface area contributed by atoms with Crippen LogP contribution in [0.3, 0.4) is 0 Å². The van der Waals surface area contributed by atoms with Gasteiger partial charge < -0.3 is 9.15 Å². The molecule has 2 aromatic heterocycles. The minimum absolute atomic E-state index is 0.158. The molecule has 0 unspecified atom stereocenters. The van der Waals surface area contributed by atoms with E-state index in [0.29, 0.717) is 17.8 Å². The van der Waals surface area contributed by atoms with Gasteiger partial charge in [-0.1, -0.05) is 30.3 Å². The number of rotatable bonds is 6. The number of nitrogens with zero attached hydrogens (tertiary/aromatic N) is 2. The van der Waals surface area contributed by atoms with Crippen molar-refractivity contribution in [2.75, 3.05) is 7.11 Å². The molecule has 0 bridgehead atoms. The summed E-state index contributed by atoms with van der Waals surface area (Å²) in [5, 5.41) is 3.25. The first-order valence-corrected chi connectivity index (χ1v) is 9.26. The average Bonchev–Trinajstić information content (AvgIpc) is 3.40. The molecule has 0 aliphatic carbocycles. The summed E-state index contributed by atoms with van der Waals surface area (Å²) in [6, 6.07) is 20.8. The first-order valence-electron chi connectivity index (χ1n) is 9.26. The molecule has 0 aliphatic heterocycles. The van der Waals surface area contributed by atoms with Gasteiger partial charge in [-0.15, -0.1) is 0 Å². The van der Waals surface area contributed by atoms with Gasteiger partial charge in [0.2, 0.25) is 0 Å². The smallest absolute Gasteiger partial charge is 0.280 e. The Labute approximate surface area is 168 Å². The maximum absolute atomic E-state index is 13.3. The van der Waals surface area contributed by atoms with Crippen LogP contribution in [0.4, 0.5) is 0 Å². The van der Waals surface area contributed by atoms with Crippen LogP contribution < -0.4 is 10.3 Å². The molecule has 1 N–H and O–H groups in total. The number of benzene rings is 2. The lowest BCUT2D eigenvalue weighted by atomic mass is 10.1. The second-order valence-electron chi connectivity index (χ2n) is 6.55. The van der Waals surface area contributed by atoms with Gasteiger partial charge in [-0.3, -0.25) is 14.9 Å². The van der Waals surface area contributed by atoms with Crippen molar-refractivity contribution in [3.8, 4) is 22.7 Å². The minimum atomic E-state index is -0.158. The number of furan rings is 1. The van der Waals surface area contributed by atoms with E-state index in [1.807, 2.05) is 73.7 Å². The number of aromatic nitrogens is 2. The minimum Gasteiger partial charge on any atom is -0.497 e. The number of hydrogen-bond donors (Lipinski definition) is 1. The molecule has 0 fully saturated rings. The van der Waals surface area contributed by atoms with Crippen LogP contribution in [-0.2, 0) is 6.54 Å². The topological polar surface area (TPSA) is 72.5 Å². The third-order valence-corrected chi connectivity index (χ3v) is 4.70. The Morgan fingerprint density at radius 2 is 1.83 bits per heavy atom. The average molecular weight is 387 g/mol. The highest BCUT2D eigenvalue weighted by molar-refractivity contribution is 6.03. The third-order valence-electron chi connectivity index (χ3n) is 4.70. The lowest BCUT2D eigenvalue weighted by molar-refractivity contribution is 0.414. The Balaban J connectivity index is 1.82. The summed E-state index contributed by atoms with van der Waals surface area (Å²) < 4.78 is 12.1. The van der Waals surface area contributed by atoms with Crippen molar-refractivity contribution in [2.24, 2.45) is 4.99 Å². The fourth-order valence-corrected chi connectivity index (χ4v) is 3.18. The van der Waals surface area contributed by atoms with E-state index in [9.17, 15) is 4.79 Å². The molecule has 2 aromatic carbocycles. The van der Waals surface area contributed by atoms with Gasteiger partial charge in [-0.05, 0) is 43.3 Å². The molecule has 0 atom stereocenters. The number of nitrogens with one attached hydrogen (secondary N) is 1. The standard InChI is InChI=1S/C23H21N3O3/c1-16(24-15-20-9-6-14-29-20)21-22(17-7-4-3-5-8-17)25-26(23(21)27)18-10-12-19(28-2)13-11-18/h3-14,25H,15H2,1-2H3. The zero-order valence-corrected chi connectivity index (χ0v) is 16.3. The number of aliphatic imine (C=N–C) groups is 1. The monoisotopic (exact) mass is 387 g/mol. The summed E-state index contributed by atoms with van der Waals surface area (Å²) in [5.41, 5.74) is 3.40. The van der Waals surface area contributed by atoms with Gasteiger partial charge in [0.25, 0.3) is 5.56 Å². The summed E-state index contributed by atoms with van der Waals surface area (Å²) >= 11 is 0. The van der Waals surface area contributed by atoms with Gasteiger partial charge in [0.15, 0.2) is 0 Å². The number of aromatic amines is 1. The highest BCUT2D eigenvalue weighted by Gasteiger charge is 2.19. The van der Waals surface area contributed by atoms with E-state index in [1.165, 1.54) is 4.68 Å². The number of ether oxygens (including phenoxy) is 1. The predicted molar refractivity (Wildman–Crippen MR) is 113 cm³/mol. The Morgan fingerprint density at radius 1 is 1.07 bits per heavy atom. The van der Waals surface area contributed by atoms with E-state index in [4.69, 9.17) is 9.15 Å². The lowest BCUT2D eigenvalue weighted by Gasteiger charge is -2.04. The van der Waals surface area contributed by atoms with Crippen molar-refractivity contribution in [1.82, 2.24) is 9.78 Å². The quantitative estimate of drug-likeness (QED) is 0.497. The fourth-order valence-electron chi connectivity index (χ4n) is 3.18.